The number of nitrogens with zero attached hydrogens (tertiary/aromatic N) is 2. The van der Waals surface area contributed by atoms with Gasteiger partial charge in [0.25, 0.3) is 0 Å². The number of hydrogen-bond donors (Lipinski definition) is 1. The minimum absolute atomic E-state index is 0.136. The van der Waals surface area contributed by atoms with E-state index in [1.807, 2.05) is 0 Å². The van der Waals surface area contributed by atoms with Crippen LogP contribution in [0.25, 0.3) is 21.8 Å². The van der Waals surface area contributed by atoms with Gasteiger partial charge in [0.05, 0.1) is 29.3 Å². The number of carbonyl (C=O) groups is 1. The third-order valence-corrected chi connectivity index (χ3v) is 4.48. The van der Waals surface area contributed by atoms with Crippen molar-refractivity contribution in [2.75, 3.05) is 7.11 Å². The number of benzene rings is 2. The number of aromatic nitrogens is 2. The number of fused-ring (bicyclic) bond motifs is 2. The SMILES string of the molecule is COC(=O)c1cc(F)c2ncc(Cl)cc2c1.OCc1cc(F)c2ncc(Cl)cc2c1. The lowest BCUT2D eigenvalue weighted by Crippen LogP contribution is -2.02. The van der Waals surface area contributed by atoms with Crippen molar-refractivity contribution in [2.24, 2.45) is 0 Å². The summed E-state index contributed by atoms with van der Waals surface area (Å²) >= 11 is 11.5. The molecular weight excluding hydrogens is 437 g/mol. The predicted molar refractivity (Wildman–Crippen MR) is 111 cm³/mol. The van der Waals surface area contributed by atoms with Crippen molar-refractivity contribution in [3.05, 3.63) is 81.6 Å². The molecular formula is C21H14Cl2F2N2O3. The third-order valence-electron chi connectivity index (χ3n) is 4.07. The number of aliphatic hydroxyl groups excluding tert-OH is 1. The Morgan fingerprint density at radius 3 is 2.00 bits per heavy atom. The Balaban J connectivity index is 0.000000172. The van der Waals surface area contributed by atoms with E-state index >= 15 is 0 Å². The Morgan fingerprint density at radius 2 is 1.47 bits per heavy atom. The number of pyridine rings is 2. The van der Waals surface area contributed by atoms with E-state index in [0.29, 0.717) is 26.4 Å². The number of rotatable bonds is 2. The number of hydrogen-bond acceptors (Lipinski definition) is 5. The standard InChI is InChI=1S/C11H7ClFNO2.C10H7ClFNO/c1-16-11(15)7-2-6-3-8(12)5-14-10(6)9(13)4-7;11-8-3-7-1-6(5-14)2-9(12)10(7)13-4-8/h2-5H,1H3;1-4,14H,5H2. The number of aliphatic hydroxyl groups is 1. The summed E-state index contributed by atoms with van der Waals surface area (Å²) in [5.41, 5.74) is 1.10. The average molecular weight is 451 g/mol. The summed E-state index contributed by atoms with van der Waals surface area (Å²) in [6.45, 7) is -0.195. The zero-order valence-electron chi connectivity index (χ0n) is 15.5. The van der Waals surface area contributed by atoms with E-state index in [2.05, 4.69) is 14.7 Å². The van der Waals surface area contributed by atoms with E-state index in [1.54, 1.807) is 18.2 Å². The maximum Gasteiger partial charge on any atom is 0.337 e. The highest BCUT2D eigenvalue weighted by Gasteiger charge is 2.11. The maximum atomic E-state index is 13.6. The molecule has 2 heterocycles. The molecule has 0 unspecified atom stereocenters. The first-order valence-corrected chi connectivity index (χ1v) is 9.25. The van der Waals surface area contributed by atoms with Gasteiger partial charge in [-0.05, 0) is 42.0 Å². The molecule has 0 fully saturated rings. The van der Waals surface area contributed by atoms with Gasteiger partial charge < -0.3 is 9.84 Å². The molecule has 4 aromatic rings. The monoisotopic (exact) mass is 450 g/mol. The van der Waals surface area contributed by atoms with Gasteiger partial charge in [-0.2, -0.15) is 0 Å². The van der Waals surface area contributed by atoms with Crippen molar-refractivity contribution < 1.29 is 23.4 Å². The van der Waals surface area contributed by atoms with Crippen LogP contribution in [0.2, 0.25) is 10.0 Å². The van der Waals surface area contributed by atoms with Gasteiger partial charge in [0.2, 0.25) is 0 Å². The van der Waals surface area contributed by atoms with Crippen LogP contribution in [-0.2, 0) is 11.3 Å². The molecule has 9 heteroatoms. The van der Waals surface area contributed by atoms with Gasteiger partial charge in [0, 0.05) is 23.2 Å². The van der Waals surface area contributed by atoms with Crippen LogP contribution < -0.4 is 0 Å². The molecule has 1 N–H and O–H groups in total. The van der Waals surface area contributed by atoms with Crippen LogP contribution in [0, 0.1) is 11.6 Å². The van der Waals surface area contributed by atoms with Crippen LogP contribution >= 0.6 is 23.2 Å². The summed E-state index contributed by atoms with van der Waals surface area (Å²) in [6.07, 6.45) is 2.75. The Morgan fingerprint density at radius 1 is 0.933 bits per heavy atom. The molecule has 0 spiro atoms. The Labute approximate surface area is 179 Å². The molecule has 4 rings (SSSR count). The van der Waals surface area contributed by atoms with Gasteiger partial charge in [-0.3, -0.25) is 9.97 Å². The first-order valence-electron chi connectivity index (χ1n) is 8.50. The van der Waals surface area contributed by atoms with E-state index in [4.69, 9.17) is 28.3 Å². The highest BCUT2D eigenvalue weighted by Crippen LogP contribution is 2.22. The molecule has 0 radical (unpaired) electrons. The molecule has 154 valence electrons. The Hall–Kier alpha value is -2.87. The average Bonchev–Trinajstić information content (AvgIpc) is 2.72. The molecule has 0 saturated heterocycles. The fourth-order valence-electron chi connectivity index (χ4n) is 2.74. The van der Waals surface area contributed by atoms with E-state index < -0.39 is 17.6 Å². The highest BCUT2D eigenvalue weighted by atomic mass is 35.5. The lowest BCUT2D eigenvalue weighted by molar-refractivity contribution is 0.0600. The minimum atomic E-state index is -0.597. The van der Waals surface area contributed by atoms with Gasteiger partial charge in [0.1, 0.15) is 22.7 Å². The number of carbonyl (C=O) groups excluding carboxylic acids is 1. The molecule has 0 saturated carbocycles. The lowest BCUT2D eigenvalue weighted by Gasteiger charge is -2.03. The number of methoxy groups -OCH3 is 1. The topological polar surface area (TPSA) is 72.3 Å². The largest absolute Gasteiger partial charge is 0.465 e. The van der Waals surface area contributed by atoms with Crippen molar-refractivity contribution in [3.63, 3.8) is 0 Å². The molecule has 30 heavy (non-hydrogen) atoms. The van der Waals surface area contributed by atoms with Gasteiger partial charge in [-0.1, -0.05) is 23.2 Å². The maximum absolute atomic E-state index is 13.6. The van der Waals surface area contributed by atoms with Crippen LogP contribution in [-0.4, -0.2) is 28.2 Å². The quantitative estimate of drug-likeness (QED) is 0.417. The van der Waals surface area contributed by atoms with E-state index in [-0.39, 0.29) is 23.2 Å². The fraction of sp³-hybridized carbons (Fsp3) is 0.0952. The fourth-order valence-corrected chi connectivity index (χ4v) is 3.08. The summed E-state index contributed by atoms with van der Waals surface area (Å²) in [5.74, 6) is -1.61. The van der Waals surface area contributed by atoms with Crippen molar-refractivity contribution in [2.45, 2.75) is 6.61 Å². The lowest BCUT2D eigenvalue weighted by atomic mass is 10.1. The smallest absolute Gasteiger partial charge is 0.337 e. The summed E-state index contributed by atoms with van der Waals surface area (Å²) in [7, 11) is 1.24. The van der Waals surface area contributed by atoms with Crippen molar-refractivity contribution in [1.29, 1.82) is 0 Å². The third kappa shape index (κ3) is 4.81. The van der Waals surface area contributed by atoms with Gasteiger partial charge >= 0.3 is 5.97 Å². The Kier molecular flexibility index (Phi) is 6.77. The zero-order chi connectivity index (χ0) is 21.8. The summed E-state index contributed by atoms with van der Waals surface area (Å²) < 4.78 is 31.4. The van der Waals surface area contributed by atoms with Crippen LogP contribution in [0.4, 0.5) is 8.78 Å². The highest BCUT2D eigenvalue weighted by molar-refractivity contribution is 6.31. The molecule has 0 aliphatic carbocycles. The van der Waals surface area contributed by atoms with Crippen LogP contribution in [0.1, 0.15) is 15.9 Å². The first kappa shape index (κ1) is 21.8. The molecule has 2 aromatic heterocycles. The normalized spacial score (nSPS) is 10.6. The van der Waals surface area contributed by atoms with Crippen molar-refractivity contribution in [3.8, 4) is 0 Å². The summed E-state index contributed by atoms with van der Waals surface area (Å²) in [4.78, 5) is 19.0. The second-order valence-electron chi connectivity index (χ2n) is 6.14. The molecule has 0 amide bonds. The minimum Gasteiger partial charge on any atom is -0.465 e. The summed E-state index contributed by atoms with van der Waals surface area (Å²) in [6, 6.07) is 8.67. The summed E-state index contributed by atoms with van der Waals surface area (Å²) in [5, 5.41) is 10.8. The molecule has 2 aromatic carbocycles. The predicted octanol–water partition coefficient (Wildman–Crippen LogP) is 5.33. The second kappa shape index (κ2) is 9.30. The molecule has 0 aliphatic heterocycles. The first-order chi connectivity index (χ1) is 14.3. The van der Waals surface area contributed by atoms with Crippen LogP contribution in [0.3, 0.4) is 0 Å². The van der Waals surface area contributed by atoms with Crippen molar-refractivity contribution in [1.82, 2.24) is 9.97 Å². The Bertz CT molecular complexity index is 1250. The van der Waals surface area contributed by atoms with Gasteiger partial charge in [-0.15, -0.1) is 0 Å². The zero-order valence-corrected chi connectivity index (χ0v) is 17.0. The van der Waals surface area contributed by atoms with Gasteiger partial charge in [0.15, 0.2) is 0 Å². The number of esters is 1. The van der Waals surface area contributed by atoms with E-state index in [1.165, 1.54) is 31.6 Å². The van der Waals surface area contributed by atoms with E-state index in [0.717, 1.165) is 6.07 Å². The molecule has 0 bridgehead atoms. The van der Waals surface area contributed by atoms with Crippen LogP contribution in [0.5, 0.6) is 0 Å². The molecule has 0 aliphatic rings. The molecule has 0 atom stereocenters. The molecule has 5 nitrogen and oxygen atoms in total. The van der Waals surface area contributed by atoms with Crippen molar-refractivity contribution >= 4 is 51.0 Å². The number of ether oxygens (including phenoxy) is 1. The van der Waals surface area contributed by atoms with E-state index in [9.17, 15) is 13.6 Å². The van der Waals surface area contributed by atoms with Crippen LogP contribution in [0.15, 0.2) is 48.8 Å². The van der Waals surface area contributed by atoms with Gasteiger partial charge in [-0.25, -0.2) is 13.6 Å². The second-order valence-corrected chi connectivity index (χ2v) is 7.01. The number of halogens is 4.